The van der Waals surface area contributed by atoms with Crippen molar-refractivity contribution in [1.29, 1.82) is 0 Å². The average molecular weight is 1090 g/mol. The second kappa shape index (κ2) is 24.2. The summed E-state index contributed by atoms with van der Waals surface area (Å²) in [7, 11) is -8.22. The number of para-hydroxylation sites is 2. The van der Waals surface area contributed by atoms with Crippen molar-refractivity contribution in [3.8, 4) is 11.5 Å². The summed E-state index contributed by atoms with van der Waals surface area (Å²) in [6.07, 6.45) is 1.02. The maximum atomic E-state index is 13.8. The maximum absolute atomic E-state index is 13.8. The van der Waals surface area contributed by atoms with E-state index in [1.54, 1.807) is 111 Å². The Morgan fingerprint density at radius 2 is 1.01 bits per heavy atom. The Hall–Kier alpha value is -6.62. The number of H-pyrrole nitrogens is 2. The van der Waals surface area contributed by atoms with E-state index in [0.29, 0.717) is 34.1 Å². The smallest absolute Gasteiger partial charge is 0.459 e. The zero-order valence-corrected chi connectivity index (χ0v) is 45.1. The topological polar surface area (TPSA) is 315 Å². The second-order valence-electron chi connectivity index (χ2n) is 19.0. The maximum Gasteiger partial charge on any atom is 0.459 e. The van der Waals surface area contributed by atoms with Crippen molar-refractivity contribution < 1.29 is 56.5 Å². The molecule has 6 N–H and O–H groups in total. The van der Waals surface area contributed by atoms with Gasteiger partial charge in [-0.2, -0.15) is 10.2 Å². The number of carbonyl (C=O) groups is 2. The molecule has 0 bridgehead atoms. The van der Waals surface area contributed by atoms with Crippen LogP contribution in [0, 0.1) is 25.7 Å². The number of imidazole rings is 2. The molecule has 6 aromatic rings. The normalized spacial score (nSPS) is 21.9. The first-order chi connectivity index (χ1) is 35.9. The Labute approximate surface area is 437 Å². The Morgan fingerprint density at radius 3 is 1.36 bits per heavy atom. The Bertz CT molecular complexity index is 3060. The molecule has 0 radical (unpaired) electrons. The number of carbonyl (C=O) groups excluding carboxylic acids is 2. The van der Waals surface area contributed by atoms with Gasteiger partial charge in [0.2, 0.25) is 0 Å². The lowest BCUT2D eigenvalue weighted by atomic mass is 10.0. The van der Waals surface area contributed by atoms with Crippen LogP contribution in [0.4, 0.5) is 0 Å². The van der Waals surface area contributed by atoms with Crippen LogP contribution in [0.3, 0.4) is 0 Å². The number of aliphatic hydroxyl groups excluding tert-OH is 2. The Morgan fingerprint density at radius 1 is 0.658 bits per heavy atom. The van der Waals surface area contributed by atoms with Gasteiger partial charge >= 0.3 is 27.4 Å². The first-order valence-corrected chi connectivity index (χ1v) is 27.6. The third-order valence-electron chi connectivity index (χ3n) is 12.3. The number of fused-ring (bicyclic) bond motifs is 2. The van der Waals surface area contributed by atoms with Crippen molar-refractivity contribution in [2.24, 2.45) is 11.8 Å². The number of benzene rings is 2. The molecule has 76 heavy (non-hydrogen) atoms. The molecule has 4 heterocycles. The summed E-state index contributed by atoms with van der Waals surface area (Å²) >= 11 is 0. The predicted octanol–water partition coefficient (Wildman–Crippen LogP) is 6.08. The third kappa shape index (κ3) is 13.7. The van der Waals surface area contributed by atoms with Gasteiger partial charge in [0.25, 0.3) is 11.1 Å². The molecule has 0 saturated heterocycles. The molecule has 0 unspecified atom stereocenters. The fourth-order valence-electron chi connectivity index (χ4n) is 8.65. The van der Waals surface area contributed by atoms with Gasteiger partial charge < -0.3 is 47.8 Å². The lowest BCUT2D eigenvalue weighted by molar-refractivity contribution is -0.150. The highest BCUT2D eigenvalue weighted by Gasteiger charge is 2.43. The fourth-order valence-corrected chi connectivity index (χ4v) is 11.7. The zero-order valence-electron chi connectivity index (χ0n) is 43.3. The van der Waals surface area contributed by atoms with Crippen LogP contribution in [0.15, 0.2) is 107 Å². The molecule has 24 nitrogen and oxygen atoms in total. The molecule has 0 amide bonds. The molecule has 26 heteroatoms. The van der Waals surface area contributed by atoms with Crippen LogP contribution in [0.25, 0.3) is 22.3 Å². The Balaban J connectivity index is 0.000000221. The van der Waals surface area contributed by atoms with E-state index in [4.69, 9.17) is 27.6 Å². The van der Waals surface area contributed by atoms with Crippen LogP contribution in [-0.2, 0) is 37.2 Å². The highest BCUT2D eigenvalue weighted by molar-refractivity contribution is 7.52. The van der Waals surface area contributed by atoms with Crippen LogP contribution < -0.4 is 30.3 Å². The van der Waals surface area contributed by atoms with Gasteiger partial charge in [-0.05, 0) is 104 Å². The molecule has 10 atom stereocenters. The van der Waals surface area contributed by atoms with E-state index in [0.717, 1.165) is 0 Å². The Kier molecular flexibility index (Phi) is 18.1. The monoisotopic (exact) mass is 1090 g/mol. The van der Waals surface area contributed by atoms with Crippen LogP contribution in [0.1, 0.15) is 78.1 Å². The van der Waals surface area contributed by atoms with Crippen molar-refractivity contribution >= 4 is 49.8 Å². The van der Waals surface area contributed by atoms with Gasteiger partial charge in [-0.3, -0.25) is 28.2 Å². The first kappa shape index (κ1) is 57.1. The van der Waals surface area contributed by atoms with E-state index < -0.39 is 75.6 Å². The number of nitrogens with zero attached hydrogens (tertiary/aromatic N) is 6. The third-order valence-corrected chi connectivity index (χ3v) is 15.6. The largest absolute Gasteiger partial charge is 0.462 e. The summed E-state index contributed by atoms with van der Waals surface area (Å²) < 4.78 is 64.3. The van der Waals surface area contributed by atoms with Gasteiger partial charge in [0.05, 0.1) is 62.4 Å². The van der Waals surface area contributed by atoms with E-state index in [-0.39, 0.29) is 71.9 Å². The van der Waals surface area contributed by atoms with Gasteiger partial charge in [-0.25, -0.2) is 29.1 Å². The van der Waals surface area contributed by atoms with Gasteiger partial charge in [0, 0.05) is 11.8 Å². The number of aromatic amines is 2. The molecule has 2 aliphatic carbocycles. The summed E-state index contributed by atoms with van der Waals surface area (Å²) in [5, 5.41) is 27.0. The quantitative estimate of drug-likeness (QED) is 0.0287. The van der Waals surface area contributed by atoms with Gasteiger partial charge in [0.15, 0.2) is 22.3 Å². The number of hydrogen-bond donors (Lipinski definition) is 6. The van der Waals surface area contributed by atoms with Crippen molar-refractivity contribution in [3.63, 3.8) is 0 Å². The van der Waals surface area contributed by atoms with Crippen LogP contribution in [0.2, 0.25) is 0 Å². The molecule has 2 fully saturated rings. The predicted molar refractivity (Wildman–Crippen MR) is 279 cm³/mol. The molecule has 2 aliphatic rings. The first-order valence-electron chi connectivity index (χ1n) is 24.5. The highest BCUT2D eigenvalue weighted by Crippen LogP contribution is 2.50. The lowest BCUT2D eigenvalue weighted by Gasteiger charge is -2.25. The summed E-state index contributed by atoms with van der Waals surface area (Å²) in [6.45, 7) is 21.1. The number of nitrogens with one attached hydrogen (secondary N) is 4. The zero-order chi connectivity index (χ0) is 55.2. The molecule has 408 valence electrons. The minimum Gasteiger partial charge on any atom is -0.462 e. The van der Waals surface area contributed by atoms with Crippen molar-refractivity contribution in [2.75, 3.05) is 13.2 Å². The van der Waals surface area contributed by atoms with Gasteiger partial charge in [0.1, 0.15) is 35.2 Å². The molecule has 8 rings (SSSR count). The van der Waals surface area contributed by atoms with Gasteiger partial charge in [-0.15, -0.1) is 0 Å². The van der Waals surface area contributed by atoms with E-state index in [1.807, 2.05) is 0 Å². The summed E-state index contributed by atoms with van der Waals surface area (Å²) in [6, 6.07) is 14.0. The number of hydrogen-bond acceptors (Lipinski definition) is 18. The number of aryl methyl sites for hydroxylation is 2. The number of esters is 2. The number of rotatable bonds is 20. The molecular weight excluding hydrogens is 1030 g/mol. The fraction of sp³-hybridized carbons (Fsp3) is 0.440. The molecule has 2 aromatic carbocycles. The SMILES string of the molecule is C=C1[C@H](CO[P@@](=O)(N[C@@H](C)C(=O)OC(C)C)Oc2ccccc2)[C@@H](O)C[C@@H]1n1cnc2c(=O)[nH]c(C)nc21.C=C1[C@H](CO[P@](=O)(N[C@@H](C)C(=O)OC(C)C)Oc2ccccc2)[C@@H](O)C[C@@H]1n1cnc2c(=O)[nH]c(C)nc21. The standard InChI is InChI=1S/2C25H32N5O7P/c2*1-14(2)36-25(33)16(4)29-38(34,37-18-9-7-6-8-10-18)35-12-19-15(3)20(11-21(19)31)30-13-26-22-23(30)27-17(5)28-24(22)32/h2*6-10,13-14,16,19-21,31H,3,11-12H2,1-2,4-5H3,(H,29,34)(H,27,28,32)/t16-,19-,20-,21-,38+;16-,19-,20-,21-,38-/m00/s1. The van der Waals surface area contributed by atoms with Crippen LogP contribution >= 0.6 is 15.5 Å². The lowest BCUT2D eigenvalue weighted by Crippen LogP contribution is -2.36. The summed E-state index contributed by atoms with van der Waals surface area (Å²) in [5.41, 5.74) is 1.60. The van der Waals surface area contributed by atoms with E-state index >= 15 is 0 Å². The van der Waals surface area contributed by atoms with Crippen molar-refractivity contribution in [1.82, 2.24) is 49.2 Å². The minimum absolute atomic E-state index is 0.185. The average Bonchev–Trinajstić information content (AvgIpc) is 4.10. The molecule has 0 aliphatic heterocycles. The number of aromatic nitrogens is 8. The van der Waals surface area contributed by atoms with E-state index in [9.17, 15) is 38.5 Å². The van der Waals surface area contributed by atoms with E-state index in [2.05, 4.69) is 53.2 Å². The highest BCUT2D eigenvalue weighted by atomic mass is 31.2. The number of aliphatic hydroxyl groups is 2. The molecular formula is C50H64N10O14P2. The van der Waals surface area contributed by atoms with Crippen molar-refractivity contribution in [3.05, 3.63) is 130 Å². The van der Waals surface area contributed by atoms with Crippen LogP contribution in [-0.4, -0.2) is 111 Å². The molecule has 0 spiro atoms. The molecule has 2 saturated carbocycles. The van der Waals surface area contributed by atoms with E-state index in [1.165, 1.54) is 26.5 Å². The summed E-state index contributed by atoms with van der Waals surface area (Å²) in [4.78, 5) is 71.6. The summed E-state index contributed by atoms with van der Waals surface area (Å²) in [5.74, 6) is -1.06. The second-order valence-corrected chi connectivity index (χ2v) is 22.4. The van der Waals surface area contributed by atoms with Crippen molar-refractivity contribution in [2.45, 2.75) is 117 Å². The van der Waals surface area contributed by atoms with Crippen LogP contribution in [0.5, 0.6) is 11.5 Å². The number of ether oxygens (including phenoxy) is 2. The molecule has 4 aromatic heterocycles. The minimum atomic E-state index is -4.11. The van der Waals surface area contributed by atoms with Gasteiger partial charge in [-0.1, -0.05) is 49.6 Å².